The molecule has 4 nitrogen and oxygen atoms in total. The smallest absolute Gasteiger partial charge is 0.387 e. The molecule has 0 saturated heterocycles. The summed E-state index contributed by atoms with van der Waals surface area (Å²) in [5.41, 5.74) is 6.08. The summed E-state index contributed by atoms with van der Waals surface area (Å²) < 4.78 is 29.3. The molecule has 4 aromatic rings. The molecule has 0 spiro atoms. The molecule has 0 radical (unpaired) electrons. The summed E-state index contributed by atoms with van der Waals surface area (Å²) in [6.45, 7) is 1.33. The van der Waals surface area contributed by atoms with Crippen molar-refractivity contribution < 1.29 is 13.5 Å². The average Bonchev–Trinajstić information content (AvgIpc) is 3.15. The van der Waals surface area contributed by atoms with Gasteiger partial charge in [-0.15, -0.1) is 11.8 Å². The molecule has 2 aromatic carbocycles. The fourth-order valence-electron chi connectivity index (χ4n) is 3.05. The highest BCUT2D eigenvalue weighted by Crippen LogP contribution is 2.30. The summed E-state index contributed by atoms with van der Waals surface area (Å²) in [5, 5.41) is 0.711. The third kappa shape index (κ3) is 5.57. The fraction of sp³-hybridized carbons (Fsp3) is 0.217. The Morgan fingerprint density at radius 1 is 1.00 bits per heavy atom. The van der Waals surface area contributed by atoms with Gasteiger partial charge in [0.1, 0.15) is 5.75 Å². The Hall–Kier alpha value is -2.58. The van der Waals surface area contributed by atoms with Crippen LogP contribution in [0.3, 0.4) is 0 Å². The van der Waals surface area contributed by atoms with E-state index in [1.807, 2.05) is 12.3 Å². The van der Waals surface area contributed by atoms with Crippen molar-refractivity contribution in [2.75, 3.05) is 0 Å². The van der Waals surface area contributed by atoms with Gasteiger partial charge in [0.15, 0.2) is 5.16 Å². The van der Waals surface area contributed by atoms with Gasteiger partial charge in [-0.1, -0.05) is 41.6 Å². The van der Waals surface area contributed by atoms with Crippen molar-refractivity contribution in [3.8, 4) is 5.75 Å². The number of ether oxygens (including phenoxy) is 1. The molecule has 2 aromatic heterocycles. The molecule has 160 valence electrons. The first kappa shape index (κ1) is 21.6. The molecule has 0 saturated carbocycles. The van der Waals surface area contributed by atoms with Gasteiger partial charge in [-0.3, -0.25) is 4.98 Å². The van der Waals surface area contributed by atoms with Gasteiger partial charge in [-0.25, -0.2) is 4.98 Å². The van der Waals surface area contributed by atoms with E-state index in [-0.39, 0.29) is 5.75 Å². The maximum Gasteiger partial charge on any atom is 0.387 e. The number of halogens is 2. The lowest BCUT2D eigenvalue weighted by atomic mass is 10.2. The lowest BCUT2D eigenvalue weighted by molar-refractivity contribution is -0.0497. The normalized spacial score (nSPS) is 11.4. The predicted octanol–water partition coefficient (Wildman–Crippen LogP) is 6.76. The maximum atomic E-state index is 12.4. The fourth-order valence-corrected chi connectivity index (χ4v) is 4.97. The van der Waals surface area contributed by atoms with Gasteiger partial charge in [0.2, 0.25) is 0 Å². The van der Waals surface area contributed by atoms with Crippen LogP contribution in [-0.4, -0.2) is 21.6 Å². The third-order valence-corrected chi connectivity index (χ3v) is 6.89. The molecule has 0 atom stereocenters. The van der Waals surface area contributed by atoms with Crippen molar-refractivity contribution in [1.29, 1.82) is 0 Å². The molecule has 2 heterocycles. The number of rotatable bonds is 8. The first-order valence-corrected chi connectivity index (χ1v) is 11.7. The first-order valence-electron chi connectivity index (χ1n) is 9.68. The number of aromatic amines is 1. The average molecular weight is 458 g/mol. The summed E-state index contributed by atoms with van der Waals surface area (Å²) in [7, 11) is 0. The van der Waals surface area contributed by atoms with Crippen LogP contribution in [0.5, 0.6) is 5.75 Å². The van der Waals surface area contributed by atoms with E-state index in [0.29, 0.717) is 21.9 Å². The Balaban J connectivity index is 1.42. The number of nitrogens with one attached hydrogen (secondary N) is 1. The molecule has 31 heavy (non-hydrogen) atoms. The van der Waals surface area contributed by atoms with E-state index in [4.69, 9.17) is 0 Å². The molecule has 0 amide bonds. The highest BCUT2D eigenvalue weighted by Gasteiger charge is 2.11. The molecular formula is C23H21F2N3OS2. The first-order chi connectivity index (χ1) is 15.0. The van der Waals surface area contributed by atoms with Gasteiger partial charge < -0.3 is 9.72 Å². The van der Waals surface area contributed by atoms with Crippen LogP contribution in [-0.2, 0) is 11.5 Å². The van der Waals surface area contributed by atoms with Crippen molar-refractivity contribution >= 4 is 34.6 Å². The van der Waals surface area contributed by atoms with Gasteiger partial charge in [0, 0.05) is 28.7 Å². The number of benzene rings is 2. The van der Waals surface area contributed by atoms with Crippen LogP contribution < -0.4 is 4.74 Å². The number of pyridine rings is 1. The van der Waals surface area contributed by atoms with E-state index in [0.717, 1.165) is 17.0 Å². The number of hydrogen-bond donors (Lipinski definition) is 1. The number of aryl methyl sites for hydroxylation is 1. The van der Waals surface area contributed by atoms with Crippen molar-refractivity contribution in [2.24, 2.45) is 0 Å². The number of fused-ring (bicyclic) bond motifs is 1. The van der Waals surface area contributed by atoms with E-state index < -0.39 is 6.61 Å². The number of alkyl halides is 2. The van der Waals surface area contributed by atoms with Crippen molar-refractivity contribution in [3.63, 3.8) is 0 Å². The summed E-state index contributed by atoms with van der Waals surface area (Å²) in [4.78, 5) is 13.4. The standard InChI is InChI=1S/C23H21F2N3OS2/c1-14-3-5-16(6-4-14)12-30-21-9-10-26-20(15(21)2)13-31-23-27-18-8-7-17(29-22(24)25)11-19(18)28-23/h3-11,22H,12-13H2,1-2H3,(H,27,28). The van der Waals surface area contributed by atoms with E-state index >= 15 is 0 Å². The van der Waals surface area contributed by atoms with Crippen LogP contribution >= 0.6 is 23.5 Å². The SMILES string of the molecule is Cc1ccc(CSc2ccnc(CSc3nc4ccc(OC(F)F)cc4[nH]3)c2C)cc1. The van der Waals surface area contributed by atoms with Crippen molar-refractivity contribution in [1.82, 2.24) is 15.0 Å². The quantitative estimate of drug-likeness (QED) is 0.296. The van der Waals surface area contributed by atoms with Crippen molar-refractivity contribution in [3.05, 3.63) is 77.1 Å². The topological polar surface area (TPSA) is 50.8 Å². The molecular weight excluding hydrogens is 436 g/mol. The lowest BCUT2D eigenvalue weighted by Gasteiger charge is -2.10. The predicted molar refractivity (Wildman–Crippen MR) is 122 cm³/mol. The van der Waals surface area contributed by atoms with E-state index in [9.17, 15) is 8.78 Å². The zero-order valence-corrected chi connectivity index (χ0v) is 18.7. The summed E-state index contributed by atoms with van der Waals surface area (Å²) in [6.07, 6.45) is 1.84. The van der Waals surface area contributed by atoms with Crippen molar-refractivity contribution in [2.45, 2.75) is 42.0 Å². The minimum Gasteiger partial charge on any atom is -0.435 e. The monoisotopic (exact) mass is 457 g/mol. The molecule has 0 aliphatic rings. The number of imidazole rings is 1. The summed E-state index contributed by atoms with van der Waals surface area (Å²) in [6, 6.07) is 15.3. The minimum atomic E-state index is -2.85. The Labute approximate surface area is 187 Å². The van der Waals surface area contributed by atoms with Crippen LogP contribution in [0.1, 0.15) is 22.4 Å². The minimum absolute atomic E-state index is 0.110. The van der Waals surface area contributed by atoms with Crippen LogP contribution in [0, 0.1) is 13.8 Å². The Kier molecular flexibility index (Phi) is 6.77. The number of aromatic nitrogens is 3. The molecule has 4 rings (SSSR count). The van der Waals surface area contributed by atoms with Gasteiger partial charge >= 0.3 is 6.61 Å². The lowest BCUT2D eigenvalue weighted by Crippen LogP contribution is -2.01. The Bertz CT molecular complexity index is 1180. The van der Waals surface area contributed by atoms with E-state index in [2.05, 4.69) is 57.8 Å². The molecule has 8 heteroatoms. The molecule has 0 fully saturated rings. The third-order valence-electron chi connectivity index (χ3n) is 4.78. The molecule has 0 unspecified atom stereocenters. The zero-order valence-electron chi connectivity index (χ0n) is 17.1. The second kappa shape index (κ2) is 9.70. The van der Waals surface area contributed by atoms with Gasteiger partial charge in [-0.2, -0.15) is 8.78 Å². The summed E-state index contributed by atoms with van der Waals surface area (Å²) >= 11 is 3.33. The second-order valence-electron chi connectivity index (χ2n) is 7.04. The van der Waals surface area contributed by atoms with Gasteiger partial charge in [0.05, 0.1) is 16.7 Å². The Morgan fingerprint density at radius 3 is 2.58 bits per heavy atom. The van der Waals surface area contributed by atoms with E-state index in [1.165, 1.54) is 39.9 Å². The largest absolute Gasteiger partial charge is 0.435 e. The van der Waals surface area contributed by atoms with Crippen LogP contribution in [0.4, 0.5) is 8.78 Å². The number of nitrogens with zero attached hydrogens (tertiary/aromatic N) is 2. The number of thioether (sulfide) groups is 2. The van der Waals surface area contributed by atoms with Crippen LogP contribution in [0.15, 0.2) is 64.8 Å². The Morgan fingerprint density at radius 2 is 1.81 bits per heavy atom. The summed E-state index contributed by atoms with van der Waals surface area (Å²) in [5.74, 6) is 1.67. The number of hydrogen-bond acceptors (Lipinski definition) is 5. The molecule has 0 bridgehead atoms. The molecule has 1 N–H and O–H groups in total. The highest BCUT2D eigenvalue weighted by atomic mass is 32.2. The van der Waals surface area contributed by atoms with Gasteiger partial charge in [-0.05, 0) is 43.2 Å². The maximum absolute atomic E-state index is 12.4. The van der Waals surface area contributed by atoms with Gasteiger partial charge in [0.25, 0.3) is 0 Å². The van der Waals surface area contributed by atoms with Crippen LogP contribution in [0.25, 0.3) is 11.0 Å². The second-order valence-corrected chi connectivity index (χ2v) is 9.02. The number of H-pyrrole nitrogens is 1. The zero-order chi connectivity index (χ0) is 21.8. The van der Waals surface area contributed by atoms with E-state index in [1.54, 1.807) is 17.8 Å². The highest BCUT2D eigenvalue weighted by molar-refractivity contribution is 7.98. The molecule has 0 aliphatic carbocycles. The van der Waals surface area contributed by atoms with Crippen LogP contribution in [0.2, 0.25) is 0 Å². The molecule has 0 aliphatic heterocycles.